The molecule has 2 rings (SSSR count). The van der Waals surface area contributed by atoms with E-state index in [1.807, 2.05) is 24.3 Å². The molecule has 1 unspecified atom stereocenters. The van der Waals surface area contributed by atoms with E-state index in [4.69, 9.17) is 23.2 Å². The van der Waals surface area contributed by atoms with E-state index >= 15 is 0 Å². The molecular weight excluding hydrogens is 415 g/mol. The number of aliphatic hydroxyl groups is 1. The first-order valence-corrected chi connectivity index (χ1v) is 7.88. The minimum Gasteiger partial charge on any atom is -0.388 e. The summed E-state index contributed by atoms with van der Waals surface area (Å²) in [5.41, 5.74) is 1.66. The second kappa shape index (κ2) is 6.59. The van der Waals surface area contributed by atoms with E-state index in [0.717, 1.165) is 20.1 Å². The van der Waals surface area contributed by atoms with Crippen molar-refractivity contribution in [2.24, 2.45) is 0 Å². The fourth-order valence-corrected chi connectivity index (χ4v) is 3.42. The summed E-state index contributed by atoms with van der Waals surface area (Å²) in [5, 5.41) is 11.5. The number of halogens is 4. The van der Waals surface area contributed by atoms with Gasteiger partial charge in [-0.2, -0.15) is 0 Å². The Kier molecular flexibility index (Phi) is 5.32. The molecule has 1 N–H and O–H groups in total. The lowest BCUT2D eigenvalue weighted by atomic mass is 10.0. The molecule has 0 heterocycles. The topological polar surface area (TPSA) is 20.2 Å². The Labute approximate surface area is 138 Å². The minimum atomic E-state index is -0.645. The Balaban J connectivity index is 2.22. The van der Waals surface area contributed by atoms with Gasteiger partial charge < -0.3 is 5.11 Å². The van der Waals surface area contributed by atoms with Crippen molar-refractivity contribution in [2.75, 3.05) is 0 Å². The highest BCUT2D eigenvalue weighted by Gasteiger charge is 2.12. The molecule has 0 spiro atoms. The summed E-state index contributed by atoms with van der Waals surface area (Å²) in [5.74, 6) is 0. The summed E-state index contributed by atoms with van der Waals surface area (Å²) >= 11 is 18.8. The van der Waals surface area contributed by atoms with Crippen LogP contribution in [0.1, 0.15) is 17.2 Å². The Morgan fingerprint density at radius 3 is 2.37 bits per heavy atom. The van der Waals surface area contributed by atoms with Crippen LogP contribution in [0, 0.1) is 0 Å². The van der Waals surface area contributed by atoms with Gasteiger partial charge in [0.15, 0.2) is 0 Å². The van der Waals surface area contributed by atoms with Gasteiger partial charge in [0, 0.05) is 25.4 Å². The van der Waals surface area contributed by atoms with E-state index in [9.17, 15) is 5.11 Å². The zero-order valence-corrected chi connectivity index (χ0v) is 14.4. The zero-order valence-electron chi connectivity index (χ0n) is 9.71. The van der Waals surface area contributed by atoms with E-state index in [1.54, 1.807) is 12.1 Å². The average Bonchev–Trinajstić information content (AvgIpc) is 2.31. The molecule has 0 saturated carbocycles. The smallest absolute Gasteiger partial charge is 0.0831 e. The van der Waals surface area contributed by atoms with E-state index < -0.39 is 6.10 Å². The monoisotopic (exact) mass is 422 g/mol. The van der Waals surface area contributed by atoms with Gasteiger partial charge in [-0.15, -0.1) is 0 Å². The highest BCUT2D eigenvalue weighted by Crippen LogP contribution is 2.29. The third-order valence-electron chi connectivity index (χ3n) is 2.70. The number of hydrogen-bond acceptors (Lipinski definition) is 1. The average molecular weight is 425 g/mol. The molecule has 1 nitrogen and oxygen atoms in total. The quantitative estimate of drug-likeness (QED) is 0.660. The predicted octanol–water partition coefficient (Wildman–Crippen LogP) is 5.79. The van der Waals surface area contributed by atoms with Gasteiger partial charge in [0.1, 0.15) is 0 Å². The number of hydrogen-bond donors (Lipinski definition) is 1. The van der Waals surface area contributed by atoms with Crippen LogP contribution in [0.25, 0.3) is 0 Å². The molecule has 0 amide bonds. The molecule has 2 aromatic rings. The van der Waals surface area contributed by atoms with Gasteiger partial charge in [-0.1, -0.05) is 61.1 Å². The van der Waals surface area contributed by atoms with Crippen LogP contribution in [0.15, 0.2) is 45.3 Å². The molecule has 100 valence electrons. The van der Waals surface area contributed by atoms with E-state index in [0.29, 0.717) is 16.5 Å². The summed E-state index contributed by atoms with van der Waals surface area (Å²) in [6, 6.07) is 11.0. The maximum absolute atomic E-state index is 10.3. The molecule has 0 bridgehead atoms. The van der Waals surface area contributed by atoms with Crippen LogP contribution in [0.5, 0.6) is 0 Å². The van der Waals surface area contributed by atoms with Gasteiger partial charge in [0.05, 0.1) is 6.10 Å². The lowest BCUT2D eigenvalue weighted by molar-refractivity contribution is 0.178. The SMILES string of the molecule is OC(Cc1ccc(Br)cc1Cl)c1cc(Cl)cc(Br)c1. The van der Waals surface area contributed by atoms with E-state index in [-0.39, 0.29) is 0 Å². The molecule has 1 atom stereocenters. The Morgan fingerprint density at radius 1 is 1.00 bits per heavy atom. The Morgan fingerprint density at radius 2 is 1.74 bits per heavy atom. The molecule has 5 heteroatoms. The molecule has 0 aliphatic carbocycles. The van der Waals surface area contributed by atoms with Crippen molar-refractivity contribution in [3.63, 3.8) is 0 Å². The van der Waals surface area contributed by atoms with Crippen molar-refractivity contribution < 1.29 is 5.11 Å². The third kappa shape index (κ3) is 4.20. The second-order valence-electron chi connectivity index (χ2n) is 4.16. The van der Waals surface area contributed by atoms with Crippen LogP contribution in [0.2, 0.25) is 10.0 Å². The van der Waals surface area contributed by atoms with Crippen molar-refractivity contribution in [3.05, 3.63) is 66.5 Å². The minimum absolute atomic E-state index is 0.443. The Hall–Kier alpha value is -0.0600. The van der Waals surface area contributed by atoms with Gasteiger partial charge in [-0.3, -0.25) is 0 Å². The van der Waals surface area contributed by atoms with Crippen molar-refractivity contribution in [2.45, 2.75) is 12.5 Å². The van der Waals surface area contributed by atoms with Crippen LogP contribution in [0.3, 0.4) is 0 Å². The summed E-state index contributed by atoms with van der Waals surface area (Å²) < 4.78 is 1.76. The maximum Gasteiger partial charge on any atom is 0.0831 e. The van der Waals surface area contributed by atoms with Crippen LogP contribution in [-0.2, 0) is 6.42 Å². The standard InChI is InChI=1S/C14H10Br2Cl2O/c15-10-2-1-8(13(18)7-10)5-14(19)9-3-11(16)6-12(17)4-9/h1-4,6-7,14,19H,5H2. The largest absolute Gasteiger partial charge is 0.388 e. The fourth-order valence-electron chi connectivity index (χ4n) is 1.78. The lowest BCUT2D eigenvalue weighted by Crippen LogP contribution is -2.02. The van der Waals surface area contributed by atoms with Crippen molar-refractivity contribution in [3.8, 4) is 0 Å². The summed E-state index contributed by atoms with van der Waals surface area (Å²) in [7, 11) is 0. The van der Waals surface area contributed by atoms with Gasteiger partial charge >= 0.3 is 0 Å². The van der Waals surface area contributed by atoms with Gasteiger partial charge in [-0.25, -0.2) is 0 Å². The molecule has 19 heavy (non-hydrogen) atoms. The van der Waals surface area contributed by atoms with Gasteiger partial charge in [0.2, 0.25) is 0 Å². The van der Waals surface area contributed by atoms with Crippen LogP contribution in [-0.4, -0.2) is 5.11 Å². The molecule has 2 aromatic carbocycles. The number of aliphatic hydroxyl groups excluding tert-OH is 1. The molecule has 0 saturated heterocycles. The van der Waals surface area contributed by atoms with Crippen LogP contribution >= 0.6 is 55.1 Å². The van der Waals surface area contributed by atoms with Crippen LogP contribution < -0.4 is 0 Å². The highest BCUT2D eigenvalue weighted by atomic mass is 79.9. The third-order valence-corrected chi connectivity index (χ3v) is 4.22. The van der Waals surface area contributed by atoms with E-state index in [2.05, 4.69) is 31.9 Å². The molecular formula is C14H10Br2Cl2O. The summed E-state index contributed by atoms with van der Waals surface area (Å²) in [4.78, 5) is 0. The zero-order chi connectivity index (χ0) is 14.0. The lowest BCUT2D eigenvalue weighted by Gasteiger charge is -2.13. The number of rotatable bonds is 3. The van der Waals surface area contributed by atoms with E-state index in [1.165, 1.54) is 0 Å². The van der Waals surface area contributed by atoms with Crippen molar-refractivity contribution >= 4 is 55.1 Å². The highest BCUT2D eigenvalue weighted by molar-refractivity contribution is 9.10. The Bertz CT molecular complexity index is 582. The van der Waals surface area contributed by atoms with Crippen LogP contribution in [0.4, 0.5) is 0 Å². The van der Waals surface area contributed by atoms with Gasteiger partial charge in [-0.05, 0) is 41.5 Å². The normalized spacial score (nSPS) is 12.5. The number of benzene rings is 2. The molecule has 0 radical (unpaired) electrons. The molecule has 0 aliphatic rings. The van der Waals surface area contributed by atoms with Crippen molar-refractivity contribution in [1.29, 1.82) is 0 Å². The fraction of sp³-hybridized carbons (Fsp3) is 0.143. The van der Waals surface area contributed by atoms with Crippen molar-refractivity contribution in [1.82, 2.24) is 0 Å². The first kappa shape index (κ1) is 15.3. The van der Waals surface area contributed by atoms with Gasteiger partial charge in [0.25, 0.3) is 0 Å². The first-order chi connectivity index (χ1) is 8.95. The second-order valence-corrected chi connectivity index (χ2v) is 6.83. The molecule has 0 aliphatic heterocycles. The molecule has 0 aromatic heterocycles. The maximum atomic E-state index is 10.3. The molecule has 0 fully saturated rings. The summed E-state index contributed by atoms with van der Waals surface area (Å²) in [6.07, 6.45) is -0.201. The summed E-state index contributed by atoms with van der Waals surface area (Å²) in [6.45, 7) is 0. The predicted molar refractivity (Wildman–Crippen MR) is 87.0 cm³/mol. The first-order valence-electron chi connectivity index (χ1n) is 5.53.